The van der Waals surface area contributed by atoms with E-state index in [4.69, 9.17) is 18.9 Å². The Morgan fingerprint density at radius 1 is 1.00 bits per heavy atom. The summed E-state index contributed by atoms with van der Waals surface area (Å²) in [5.41, 5.74) is -2.97. The molecule has 1 amide bonds. The molecule has 12 atom stereocenters. The highest BCUT2D eigenvalue weighted by atomic mass is 16.6. The molecule has 1 saturated heterocycles. The molecule has 2 saturated carbocycles. The summed E-state index contributed by atoms with van der Waals surface area (Å²) < 4.78 is 23.8. The van der Waals surface area contributed by atoms with Crippen LogP contribution in [0, 0.1) is 28.6 Å². The predicted molar refractivity (Wildman–Crippen MR) is 199 cm³/mol. The van der Waals surface area contributed by atoms with Crippen molar-refractivity contribution in [3.8, 4) is 0 Å². The number of aliphatic hydroxyl groups is 4. The Morgan fingerprint density at radius 3 is 2.13 bits per heavy atom. The third-order valence-electron chi connectivity index (χ3n) is 11.7. The Morgan fingerprint density at radius 2 is 1.60 bits per heavy atom. The zero-order chi connectivity index (χ0) is 40.6. The third kappa shape index (κ3) is 8.08. The number of allylic oxidation sites excluding steroid dienone is 1. The van der Waals surface area contributed by atoms with Crippen molar-refractivity contribution in [3.63, 3.8) is 0 Å². The highest BCUT2D eigenvalue weighted by Crippen LogP contribution is 2.59. The fourth-order valence-electron chi connectivity index (χ4n) is 9.10. The number of rotatable bonds is 9. The molecule has 13 nitrogen and oxygen atoms in total. The Balaban J connectivity index is 1.64. The van der Waals surface area contributed by atoms with E-state index in [9.17, 15) is 39.6 Å². The maximum atomic E-state index is 14.6. The molecule has 5 rings (SSSR count). The van der Waals surface area contributed by atoms with Crippen molar-refractivity contribution in [1.82, 2.24) is 5.32 Å². The number of amides is 1. The molecular weight excluding hydrogens is 710 g/mol. The molecule has 0 spiro atoms. The first kappa shape index (κ1) is 42.0. The molecule has 2 aromatic carbocycles. The first-order chi connectivity index (χ1) is 25.8. The second-order valence-corrected chi connectivity index (χ2v) is 16.7. The van der Waals surface area contributed by atoms with E-state index in [-0.39, 0.29) is 24.2 Å². The normalized spacial score (nSPS) is 32.2. The molecular formula is C42H55NO12. The third-order valence-corrected chi connectivity index (χ3v) is 11.7. The predicted octanol–water partition coefficient (Wildman–Crippen LogP) is 4.07. The second-order valence-electron chi connectivity index (χ2n) is 16.7. The molecule has 3 aliphatic rings. The number of nitrogens with one attached hydrogen (secondary N) is 1. The van der Waals surface area contributed by atoms with Crippen LogP contribution in [0.3, 0.4) is 0 Å². The van der Waals surface area contributed by atoms with Gasteiger partial charge in [-0.15, -0.1) is 0 Å². The van der Waals surface area contributed by atoms with Crippen molar-refractivity contribution in [2.75, 3.05) is 13.2 Å². The van der Waals surface area contributed by atoms with Crippen LogP contribution >= 0.6 is 0 Å². The first-order valence-electron chi connectivity index (χ1n) is 18.8. The smallest absolute Gasteiger partial charge is 0.408 e. The van der Waals surface area contributed by atoms with Crippen LogP contribution in [0.1, 0.15) is 83.8 Å². The summed E-state index contributed by atoms with van der Waals surface area (Å²) in [4.78, 5) is 55.8. The fourth-order valence-corrected chi connectivity index (χ4v) is 9.10. The number of esters is 2. The van der Waals surface area contributed by atoms with Crippen molar-refractivity contribution in [2.45, 2.75) is 110 Å². The number of hydrogen-bond donors (Lipinski definition) is 5. The lowest BCUT2D eigenvalue weighted by Crippen LogP contribution is -2.70. The summed E-state index contributed by atoms with van der Waals surface area (Å²) in [5, 5.41) is 49.3. The zero-order valence-corrected chi connectivity index (χ0v) is 32.7. The Bertz CT molecular complexity index is 1750. The van der Waals surface area contributed by atoms with E-state index < -0.39 is 107 Å². The average molecular weight is 766 g/mol. The quantitative estimate of drug-likeness (QED) is 0.140. The van der Waals surface area contributed by atoms with Gasteiger partial charge >= 0.3 is 18.0 Å². The summed E-state index contributed by atoms with van der Waals surface area (Å²) in [6, 6.07) is 15.2. The molecule has 13 heteroatoms. The minimum Gasteiger partial charge on any atom is -0.460 e. The number of carbonyl (C=O) groups is 4. The van der Waals surface area contributed by atoms with Gasteiger partial charge in [-0.05, 0) is 71.7 Å². The van der Waals surface area contributed by atoms with Gasteiger partial charge in [0.1, 0.15) is 23.9 Å². The average Bonchev–Trinajstić information content (AvgIpc) is 3.12. The van der Waals surface area contributed by atoms with E-state index in [0.29, 0.717) is 11.1 Å². The van der Waals surface area contributed by atoms with Gasteiger partial charge in [-0.1, -0.05) is 61.0 Å². The van der Waals surface area contributed by atoms with Crippen LogP contribution in [0.4, 0.5) is 4.79 Å². The standard InChI is InChI=1S/C42H55NO12/c1-22(2)29-33(46)36(48)42(8)28(45)19-27-26(20-52-27)31(42)35(54-37(49)25-17-13-10-14-18-25)30(41(29,7)21-44)23(3)53-38(50)34(47)32(24-15-11-9-12-16-24)43-39(51)55-40(4,5)6/h9-18,23,26-28,30-35,44-47H,19-21H2,1-8H3,(H,43,51)/t23-,26?,27-,28+,30?,31+,32+,33-,34-,35-,41?,42-/m1/s1. The monoisotopic (exact) mass is 765 g/mol. The van der Waals surface area contributed by atoms with E-state index in [1.807, 2.05) is 0 Å². The van der Waals surface area contributed by atoms with Crippen molar-refractivity contribution in [2.24, 2.45) is 28.6 Å². The number of carbonyl (C=O) groups excluding carboxylic acids is 4. The van der Waals surface area contributed by atoms with Gasteiger partial charge in [-0.3, -0.25) is 4.79 Å². The molecule has 0 radical (unpaired) electrons. The van der Waals surface area contributed by atoms with Gasteiger partial charge in [0, 0.05) is 29.6 Å². The van der Waals surface area contributed by atoms with Crippen LogP contribution in [0.5, 0.6) is 0 Å². The SMILES string of the molecule is CC(C)=C1[C@@H](O)C(=O)[C@]2(C)[C@@H](O)C[C@H]3OCC3[C@H]2[C@H](OC(=O)c2ccccc2)C([C@@H](C)OC(=O)[C@H](O)[C@@H](NC(=O)OC(C)(C)C)c2ccccc2)C1(C)CO. The molecule has 2 aliphatic carbocycles. The van der Waals surface area contributed by atoms with Gasteiger partial charge in [0.15, 0.2) is 11.9 Å². The van der Waals surface area contributed by atoms with Crippen molar-refractivity contribution < 1.29 is 58.6 Å². The topological polar surface area (TPSA) is 198 Å². The first-order valence-corrected chi connectivity index (χ1v) is 18.8. The van der Waals surface area contributed by atoms with Crippen LogP contribution < -0.4 is 5.32 Å². The minimum atomic E-state index is -1.97. The number of aliphatic hydroxyl groups excluding tert-OH is 4. The van der Waals surface area contributed by atoms with E-state index in [1.165, 1.54) is 6.92 Å². The molecule has 0 aromatic heterocycles. The van der Waals surface area contributed by atoms with Gasteiger partial charge < -0.3 is 44.7 Å². The van der Waals surface area contributed by atoms with Crippen LogP contribution in [0.25, 0.3) is 0 Å². The molecule has 55 heavy (non-hydrogen) atoms. The summed E-state index contributed by atoms with van der Waals surface area (Å²) >= 11 is 0. The number of fused-ring (bicyclic) bond motifs is 3. The Kier molecular flexibility index (Phi) is 12.3. The second kappa shape index (κ2) is 16.1. The van der Waals surface area contributed by atoms with E-state index in [2.05, 4.69) is 5.32 Å². The molecule has 2 aromatic rings. The molecule has 1 aliphatic heterocycles. The molecule has 300 valence electrons. The Hall–Kier alpha value is -4.14. The highest BCUT2D eigenvalue weighted by molar-refractivity contribution is 5.93. The number of hydrogen-bond acceptors (Lipinski definition) is 12. The molecule has 3 unspecified atom stereocenters. The van der Waals surface area contributed by atoms with Gasteiger partial charge in [-0.2, -0.15) is 0 Å². The van der Waals surface area contributed by atoms with E-state index in [1.54, 1.807) is 109 Å². The molecule has 3 fully saturated rings. The minimum absolute atomic E-state index is 0.101. The maximum absolute atomic E-state index is 14.6. The van der Waals surface area contributed by atoms with Gasteiger partial charge in [0.25, 0.3) is 0 Å². The number of alkyl carbamates (subject to hydrolysis) is 1. The van der Waals surface area contributed by atoms with Crippen LogP contribution in [0.2, 0.25) is 0 Å². The lowest BCUT2D eigenvalue weighted by molar-refractivity contribution is -0.256. The molecule has 5 N–H and O–H groups in total. The summed E-state index contributed by atoms with van der Waals surface area (Å²) in [6.45, 7) is 12.5. The van der Waals surface area contributed by atoms with Crippen LogP contribution in [-0.4, -0.2) is 99.7 Å². The van der Waals surface area contributed by atoms with Gasteiger partial charge in [0.2, 0.25) is 0 Å². The van der Waals surface area contributed by atoms with Crippen molar-refractivity contribution in [3.05, 3.63) is 82.9 Å². The zero-order valence-electron chi connectivity index (χ0n) is 32.7. The molecule has 1 heterocycles. The highest BCUT2D eigenvalue weighted by Gasteiger charge is 2.68. The molecule has 0 bridgehead atoms. The number of ketones is 1. The van der Waals surface area contributed by atoms with Crippen LogP contribution in [-0.2, 0) is 28.5 Å². The summed E-state index contributed by atoms with van der Waals surface area (Å²) in [7, 11) is 0. The van der Waals surface area contributed by atoms with Crippen molar-refractivity contribution in [1.29, 1.82) is 0 Å². The lowest BCUT2D eigenvalue weighted by atomic mass is 9.48. The Labute approximate surface area is 322 Å². The summed E-state index contributed by atoms with van der Waals surface area (Å²) in [6.07, 6.45) is -8.97. The maximum Gasteiger partial charge on any atom is 0.408 e. The number of Topliss-reactive ketones (excluding diaryl/α,β-unsaturated/α-hetero) is 1. The number of ether oxygens (including phenoxy) is 4. The van der Waals surface area contributed by atoms with Crippen molar-refractivity contribution >= 4 is 23.8 Å². The van der Waals surface area contributed by atoms with Gasteiger partial charge in [-0.25, -0.2) is 14.4 Å². The van der Waals surface area contributed by atoms with E-state index >= 15 is 0 Å². The van der Waals surface area contributed by atoms with Gasteiger partial charge in [0.05, 0.1) is 42.4 Å². The largest absolute Gasteiger partial charge is 0.460 e. The van der Waals surface area contributed by atoms with E-state index in [0.717, 1.165) is 0 Å². The van der Waals surface area contributed by atoms with Crippen LogP contribution in [0.15, 0.2) is 71.8 Å². The summed E-state index contributed by atoms with van der Waals surface area (Å²) in [5.74, 6) is -5.18. The fraction of sp³-hybridized carbons (Fsp3) is 0.571. The lowest BCUT2D eigenvalue weighted by Gasteiger charge is -2.61. The number of benzene rings is 2.